The topological polar surface area (TPSA) is 78.0 Å². The Bertz CT molecular complexity index is 771. The fraction of sp³-hybridized carbons (Fsp3) is 0.467. The van der Waals surface area contributed by atoms with Crippen molar-refractivity contribution in [3.8, 4) is 0 Å². The van der Waals surface area contributed by atoms with Gasteiger partial charge in [0.2, 0.25) is 5.89 Å². The number of aromatic nitrogens is 3. The lowest BCUT2D eigenvalue weighted by atomic mass is 9.94. The largest absolute Gasteiger partial charge is 0.337 e. The zero-order chi connectivity index (χ0) is 14.4. The molecule has 1 saturated carbocycles. The third kappa shape index (κ3) is 2.20. The molecule has 2 heterocycles. The molecule has 6 nitrogen and oxygen atoms in total. The van der Waals surface area contributed by atoms with Gasteiger partial charge in [-0.1, -0.05) is 5.16 Å². The summed E-state index contributed by atoms with van der Waals surface area (Å²) in [4.78, 5) is 28.4. The molecule has 2 aliphatic rings. The number of hydrogen-bond donors (Lipinski definition) is 0. The third-order valence-corrected chi connectivity index (χ3v) is 4.13. The van der Waals surface area contributed by atoms with E-state index in [1.165, 1.54) is 6.07 Å². The molecule has 0 radical (unpaired) electrons. The van der Waals surface area contributed by atoms with Crippen LogP contribution in [0.1, 0.15) is 59.4 Å². The first-order chi connectivity index (χ1) is 10.2. The van der Waals surface area contributed by atoms with E-state index in [-0.39, 0.29) is 17.9 Å². The maximum absolute atomic E-state index is 12.1. The smallest absolute Gasteiger partial charge is 0.251 e. The van der Waals surface area contributed by atoms with Crippen LogP contribution in [0.25, 0.3) is 0 Å². The van der Waals surface area contributed by atoms with E-state index < -0.39 is 0 Å². The summed E-state index contributed by atoms with van der Waals surface area (Å²) >= 11 is 0. The van der Waals surface area contributed by atoms with Crippen molar-refractivity contribution in [3.05, 3.63) is 45.5 Å². The Kier molecular flexibility index (Phi) is 2.77. The standard InChI is InChI=1S/C15H15N3O3/c19-12-3-1-2-11-10(12)6-7-14(20)18(11)8-13-16-15(17-21-13)9-4-5-9/h6-7,9H,1-5,8H2. The number of carbonyl (C=O) groups is 1. The van der Waals surface area contributed by atoms with Crippen LogP contribution >= 0.6 is 0 Å². The molecule has 2 aromatic heterocycles. The number of hydrogen-bond acceptors (Lipinski definition) is 5. The second-order valence-corrected chi connectivity index (χ2v) is 5.72. The second-order valence-electron chi connectivity index (χ2n) is 5.72. The first-order valence-corrected chi connectivity index (χ1v) is 7.31. The lowest BCUT2D eigenvalue weighted by Crippen LogP contribution is -2.28. The lowest BCUT2D eigenvalue weighted by Gasteiger charge is -2.18. The van der Waals surface area contributed by atoms with E-state index in [2.05, 4.69) is 10.1 Å². The van der Waals surface area contributed by atoms with Crippen molar-refractivity contribution < 1.29 is 9.32 Å². The first kappa shape index (κ1) is 12.5. The van der Waals surface area contributed by atoms with E-state index in [9.17, 15) is 9.59 Å². The van der Waals surface area contributed by atoms with Crippen LogP contribution in [0, 0.1) is 0 Å². The Labute approximate surface area is 120 Å². The summed E-state index contributed by atoms with van der Waals surface area (Å²) in [5.74, 6) is 1.70. The number of ketones is 1. The zero-order valence-electron chi connectivity index (χ0n) is 11.5. The summed E-state index contributed by atoms with van der Waals surface area (Å²) in [6, 6.07) is 3.08. The molecule has 1 fully saturated rings. The summed E-state index contributed by atoms with van der Waals surface area (Å²) in [7, 11) is 0. The number of carbonyl (C=O) groups excluding carboxylic acids is 1. The molecule has 6 heteroatoms. The number of rotatable bonds is 3. The molecule has 0 aliphatic heterocycles. The molecule has 2 aliphatic carbocycles. The average molecular weight is 285 g/mol. The van der Waals surface area contributed by atoms with Gasteiger partial charge in [0.05, 0.1) is 0 Å². The highest BCUT2D eigenvalue weighted by atomic mass is 16.5. The normalized spacial score (nSPS) is 17.8. The summed E-state index contributed by atoms with van der Waals surface area (Å²) in [6.45, 7) is 0.245. The Morgan fingerprint density at radius 1 is 1.24 bits per heavy atom. The van der Waals surface area contributed by atoms with Crippen LogP contribution in [-0.2, 0) is 13.0 Å². The van der Waals surface area contributed by atoms with Gasteiger partial charge in [-0.05, 0) is 31.7 Å². The predicted octanol–water partition coefficient (Wildman–Crippen LogP) is 1.68. The summed E-state index contributed by atoms with van der Waals surface area (Å²) in [5, 5.41) is 3.96. The molecule has 2 aromatic rings. The van der Waals surface area contributed by atoms with Crippen molar-refractivity contribution in [2.24, 2.45) is 0 Å². The van der Waals surface area contributed by atoms with Gasteiger partial charge >= 0.3 is 0 Å². The van der Waals surface area contributed by atoms with Crippen LogP contribution in [0.4, 0.5) is 0 Å². The van der Waals surface area contributed by atoms with Gasteiger partial charge in [-0.25, -0.2) is 0 Å². The van der Waals surface area contributed by atoms with Crippen molar-refractivity contribution in [2.45, 2.75) is 44.6 Å². The monoisotopic (exact) mass is 285 g/mol. The van der Waals surface area contributed by atoms with Gasteiger partial charge < -0.3 is 9.09 Å². The highest BCUT2D eigenvalue weighted by Gasteiger charge is 2.29. The molecular formula is C15H15N3O3. The minimum Gasteiger partial charge on any atom is -0.337 e. The van der Waals surface area contributed by atoms with E-state index >= 15 is 0 Å². The molecule has 0 N–H and O–H groups in total. The lowest BCUT2D eigenvalue weighted by molar-refractivity contribution is 0.0970. The molecule has 0 bridgehead atoms. The summed E-state index contributed by atoms with van der Waals surface area (Å²) < 4.78 is 6.83. The van der Waals surface area contributed by atoms with Crippen molar-refractivity contribution in [1.29, 1.82) is 0 Å². The molecule has 108 valence electrons. The minimum absolute atomic E-state index is 0.106. The molecule has 4 rings (SSSR count). The SMILES string of the molecule is O=C1CCCc2c1ccc(=O)n2Cc1nc(C2CC2)no1. The predicted molar refractivity (Wildman–Crippen MR) is 73.3 cm³/mol. The van der Waals surface area contributed by atoms with E-state index in [1.54, 1.807) is 10.6 Å². The fourth-order valence-corrected chi connectivity index (χ4v) is 2.84. The number of nitrogens with zero attached hydrogens (tertiary/aromatic N) is 3. The molecule has 0 saturated heterocycles. The number of Topliss-reactive ketones (excluding diaryl/α,β-unsaturated/α-hetero) is 1. The van der Waals surface area contributed by atoms with Gasteiger partial charge in [0.1, 0.15) is 6.54 Å². The molecule has 0 amide bonds. The van der Waals surface area contributed by atoms with E-state index in [1.807, 2.05) is 0 Å². The highest BCUT2D eigenvalue weighted by Crippen LogP contribution is 2.38. The Hall–Kier alpha value is -2.24. The van der Waals surface area contributed by atoms with Crippen LogP contribution in [0.2, 0.25) is 0 Å². The van der Waals surface area contributed by atoms with E-state index in [0.717, 1.165) is 37.2 Å². The summed E-state index contributed by atoms with van der Waals surface area (Å²) in [6.07, 6.45) is 4.28. The molecular weight excluding hydrogens is 270 g/mol. The molecule has 0 unspecified atom stereocenters. The van der Waals surface area contributed by atoms with Crippen molar-refractivity contribution >= 4 is 5.78 Å². The van der Waals surface area contributed by atoms with Crippen LogP contribution in [0.3, 0.4) is 0 Å². The van der Waals surface area contributed by atoms with Gasteiger partial charge in [0.15, 0.2) is 11.6 Å². The van der Waals surface area contributed by atoms with Gasteiger partial charge in [-0.15, -0.1) is 0 Å². The van der Waals surface area contributed by atoms with Crippen molar-refractivity contribution in [2.75, 3.05) is 0 Å². The Balaban J connectivity index is 1.71. The zero-order valence-corrected chi connectivity index (χ0v) is 11.5. The van der Waals surface area contributed by atoms with Gasteiger partial charge in [-0.3, -0.25) is 9.59 Å². The maximum atomic E-state index is 12.1. The van der Waals surface area contributed by atoms with Crippen molar-refractivity contribution in [1.82, 2.24) is 14.7 Å². The third-order valence-electron chi connectivity index (χ3n) is 4.13. The quantitative estimate of drug-likeness (QED) is 0.857. The van der Waals surface area contributed by atoms with Crippen LogP contribution in [0.5, 0.6) is 0 Å². The fourth-order valence-electron chi connectivity index (χ4n) is 2.84. The Morgan fingerprint density at radius 3 is 2.90 bits per heavy atom. The molecule has 0 spiro atoms. The number of pyridine rings is 1. The van der Waals surface area contributed by atoms with E-state index in [4.69, 9.17) is 4.52 Å². The van der Waals surface area contributed by atoms with Crippen LogP contribution in [-0.4, -0.2) is 20.5 Å². The minimum atomic E-state index is -0.130. The second kappa shape index (κ2) is 4.65. The molecule has 0 atom stereocenters. The van der Waals surface area contributed by atoms with E-state index in [0.29, 0.717) is 23.8 Å². The maximum Gasteiger partial charge on any atom is 0.251 e. The van der Waals surface area contributed by atoms with Gasteiger partial charge in [0, 0.05) is 29.7 Å². The average Bonchev–Trinajstić information content (AvgIpc) is 3.22. The van der Waals surface area contributed by atoms with Gasteiger partial charge in [0.25, 0.3) is 5.56 Å². The Morgan fingerprint density at radius 2 is 2.10 bits per heavy atom. The van der Waals surface area contributed by atoms with Crippen LogP contribution in [0.15, 0.2) is 21.5 Å². The highest BCUT2D eigenvalue weighted by molar-refractivity contribution is 5.97. The molecule has 21 heavy (non-hydrogen) atoms. The first-order valence-electron chi connectivity index (χ1n) is 7.31. The summed E-state index contributed by atoms with van der Waals surface area (Å²) in [5.41, 5.74) is 1.32. The van der Waals surface area contributed by atoms with Crippen LogP contribution < -0.4 is 5.56 Å². The van der Waals surface area contributed by atoms with Crippen molar-refractivity contribution in [3.63, 3.8) is 0 Å². The number of fused-ring (bicyclic) bond motifs is 1. The molecule has 0 aromatic carbocycles. The van der Waals surface area contributed by atoms with Gasteiger partial charge in [-0.2, -0.15) is 4.98 Å².